The minimum Gasteiger partial charge on any atom is -0.385 e. The molecule has 1 aliphatic heterocycles. The number of unbranched alkanes of at least 4 members (excludes halogenated alkanes) is 4. The molecule has 2 rings (SSSR count). The van der Waals surface area contributed by atoms with Gasteiger partial charge in [0.15, 0.2) is 0 Å². The van der Waals surface area contributed by atoms with Gasteiger partial charge in [-0.1, -0.05) is 32.6 Å². The van der Waals surface area contributed by atoms with Crippen LogP contribution in [-0.2, 0) is 4.79 Å². The van der Waals surface area contributed by atoms with Crippen molar-refractivity contribution >= 4 is 29.0 Å². The fourth-order valence-electron chi connectivity index (χ4n) is 2.15. The van der Waals surface area contributed by atoms with Crippen molar-refractivity contribution in [2.24, 2.45) is 0 Å². The highest BCUT2D eigenvalue weighted by molar-refractivity contribution is 8.00. The topological polar surface area (TPSA) is 41.1 Å². The van der Waals surface area contributed by atoms with Crippen LogP contribution in [0.2, 0.25) is 0 Å². The van der Waals surface area contributed by atoms with E-state index < -0.39 is 0 Å². The Bertz CT molecular complexity index is 434. The average molecular weight is 278 g/mol. The second-order valence-corrected chi connectivity index (χ2v) is 5.91. The van der Waals surface area contributed by atoms with Crippen LogP contribution < -0.4 is 10.6 Å². The third-order valence-corrected chi connectivity index (χ3v) is 4.30. The van der Waals surface area contributed by atoms with Crippen molar-refractivity contribution in [3.8, 4) is 0 Å². The van der Waals surface area contributed by atoms with E-state index in [1.54, 1.807) is 11.8 Å². The molecule has 0 saturated carbocycles. The van der Waals surface area contributed by atoms with Crippen molar-refractivity contribution < 1.29 is 4.79 Å². The van der Waals surface area contributed by atoms with Gasteiger partial charge in [-0.15, -0.1) is 11.8 Å². The molecule has 0 bridgehead atoms. The van der Waals surface area contributed by atoms with E-state index in [0.717, 1.165) is 22.8 Å². The van der Waals surface area contributed by atoms with E-state index in [1.807, 2.05) is 6.07 Å². The lowest BCUT2D eigenvalue weighted by molar-refractivity contribution is -0.113. The van der Waals surface area contributed by atoms with Crippen LogP contribution in [0, 0.1) is 0 Å². The first-order valence-corrected chi connectivity index (χ1v) is 8.08. The van der Waals surface area contributed by atoms with Gasteiger partial charge < -0.3 is 10.6 Å². The van der Waals surface area contributed by atoms with Gasteiger partial charge in [0.25, 0.3) is 0 Å². The van der Waals surface area contributed by atoms with Crippen LogP contribution in [0.1, 0.15) is 39.0 Å². The molecule has 4 heteroatoms. The van der Waals surface area contributed by atoms with Crippen LogP contribution >= 0.6 is 11.8 Å². The van der Waals surface area contributed by atoms with E-state index in [2.05, 4.69) is 29.7 Å². The molecule has 0 atom stereocenters. The molecule has 1 aromatic rings. The normalized spacial score (nSPS) is 13.8. The van der Waals surface area contributed by atoms with Crippen molar-refractivity contribution in [3.63, 3.8) is 0 Å². The predicted octanol–water partition coefficient (Wildman–Crippen LogP) is 4.11. The van der Waals surface area contributed by atoms with Gasteiger partial charge in [-0.25, -0.2) is 0 Å². The van der Waals surface area contributed by atoms with Gasteiger partial charge in [0.05, 0.1) is 11.4 Å². The molecule has 1 heterocycles. The number of hydrogen-bond donors (Lipinski definition) is 2. The molecule has 0 fully saturated rings. The van der Waals surface area contributed by atoms with Crippen molar-refractivity contribution in [2.75, 3.05) is 22.9 Å². The number of nitrogens with one attached hydrogen (secondary N) is 2. The Labute approximate surface area is 119 Å². The number of rotatable bonds is 7. The number of anilines is 2. The van der Waals surface area contributed by atoms with Crippen LogP contribution in [0.4, 0.5) is 11.4 Å². The molecule has 0 unspecified atom stereocenters. The van der Waals surface area contributed by atoms with Gasteiger partial charge in [0.1, 0.15) is 0 Å². The Morgan fingerprint density at radius 1 is 1.26 bits per heavy atom. The second-order valence-electron chi connectivity index (χ2n) is 4.89. The fraction of sp³-hybridized carbons (Fsp3) is 0.533. The Morgan fingerprint density at radius 3 is 2.95 bits per heavy atom. The summed E-state index contributed by atoms with van der Waals surface area (Å²) >= 11 is 1.60. The quantitative estimate of drug-likeness (QED) is 0.737. The highest BCUT2D eigenvalue weighted by Crippen LogP contribution is 2.33. The molecule has 19 heavy (non-hydrogen) atoms. The molecule has 0 spiro atoms. The highest BCUT2D eigenvalue weighted by atomic mass is 32.2. The summed E-state index contributed by atoms with van der Waals surface area (Å²) in [6.07, 6.45) is 6.45. The molecule has 0 aliphatic carbocycles. The zero-order valence-electron chi connectivity index (χ0n) is 11.5. The maximum Gasteiger partial charge on any atom is 0.234 e. The maximum atomic E-state index is 11.3. The van der Waals surface area contributed by atoms with Crippen molar-refractivity contribution in [2.45, 2.75) is 43.9 Å². The van der Waals surface area contributed by atoms with E-state index in [0.29, 0.717) is 5.75 Å². The SMILES string of the molecule is CCCCCCCNc1ccc2c(c1)NC(=O)CS2. The van der Waals surface area contributed by atoms with Crippen LogP contribution in [0.5, 0.6) is 0 Å². The standard InChI is InChI=1S/C15H22N2OS/c1-2-3-4-5-6-9-16-12-7-8-14-13(10-12)17-15(18)11-19-14/h7-8,10,16H,2-6,9,11H2,1H3,(H,17,18). The third kappa shape index (κ3) is 4.46. The zero-order chi connectivity index (χ0) is 13.5. The molecule has 1 amide bonds. The monoisotopic (exact) mass is 278 g/mol. The summed E-state index contributed by atoms with van der Waals surface area (Å²) in [5.41, 5.74) is 2.04. The largest absolute Gasteiger partial charge is 0.385 e. The van der Waals surface area contributed by atoms with Gasteiger partial charge in [-0.3, -0.25) is 4.79 Å². The van der Waals surface area contributed by atoms with E-state index >= 15 is 0 Å². The van der Waals surface area contributed by atoms with Crippen LogP contribution in [0.25, 0.3) is 0 Å². The first-order valence-electron chi connectivity index (χ1n) is 7.10. The lowest BCUT2D eigenvalue weighted by atomic mass is 10.1. The van der Waals surface area contributed by atoms with Gasteiger partial charge in [0, 0.05) is 17.1 Å². The van der Waals surface area contributed by atoms with E-state index in [4.69, 9.17) is 0 Å². The number of hydrogen-bond acceptors (Lipinski definition) is 3. The summed E-state index contributed by atoms with van der Waals surface area (Å²) in [6.45, 7) is 3.24. The minimum atomic E-state index is 0.0919. The molecular weight excluding hydrogens is 256 g/mol. The molecule has 1 aliphatic rings. The lowest BCUT2D eigenvalue weighted by Crippen LogP contribution is -2.18. The Hall–Kier alpha value is -1.16. The summed E-state index contributed by atoms with van der Waals surface area (Å²) in [5, 5.41) is 6.34. The lowest BCUT2D eigenvalue weighted by Gasteiger charge is -2.17. The molecule has 1 aromatic carbocycles. The van der Waals surface area contributed by atoms with Crippen molar-refractivity contribution in [1.29, 1.82) is 0 Å². The van der Waals surface area contributed by atoms with Gasteiger partial charge in [-0.05, 0) is 24.6 Å². The van der Waals surface area contributed by atoms with Crippen molar-refractivity contribution in [3.05, 3.63) is 18.2 Å². The molecule has 0 saturated heterocycles. The van der Waals surface area contributed by atoms with Gasteiger partial charge in [0.2, 0.25) is 5.91 Å². The fourth-order valence-corrected chi connectivity index (χ4v) is 2.94. The first kappa shape index (κ1) is 14.3. The Balaban J connectivity index is 1.78. The van der Waals surface area contributed by atoms with Gasteiger partial charge in [-0.2, -0.15) is 0 Å². The molecule has 2 N–H and O–H groups in total. The number of fused-ring (bicyclic) bond motifs is 1. The molecule has 0 aromatic heterocycles. The number of carbonyl (C=O) groups excluding carboxylic acids is 1. The molecule has 0 radical (unpaired) electrons. The summed E-state index contributed by atoms with van der Waals surface area (Å²) in [5.74, 6) is 0.617. The average Bonchev–Trinajstić information content (AvgIpc) is 2.42. The summed E-state index contributed by atoms with van der Waals surface area (Å²) in [4.78, 5) is 12.5. The Morgan fingerprint density at radius 2 is 2.11 bits per heavy atom. The summed E-state index contributed by atoms with van der Waals surface area (Å²) < 4.78 is 0. The number of thioether (sulfide) groups is 1. The van der Waals surface area contributed by atoms with Crippen LogP contribution in [0.3, 0.4) is 0 Å². The molecule has 104 valence electrons. The van der Waals surface area contributed by atoms with Crippen LogP contribution in [-0.4, -0.2) is 18.2 Å². The van der Waals surface area contributed by atoms with E-state index in [1.165, 1.54) is 32.1 Å². The van der Waals surface area contributed by atoms with E-state index in [-0.39, 0.29) is 5.91 Å². The highest BCUT2D eigenvalue weighted by Gasteiger charge is 2.15. The number of benzene rings is 1. The summed E-state index contributed by atoms with van der Waals surface area (Å²) in [6, 6.07) is 6.21. The minimum absolute atomic E-state index is 0.0919. The number of amides is 1. The molecular formula is C15H22N2OS. The zero-order valence-corrected chi connectivity index (χ0v) is 12.3. The number of carbonyl (C=O) groups is 1. The third-order valence-electron chi connectivity index (χ3n) is 3.22. The maximum absolute atomic E-state index is 11.3. The summed E-state index contributed by atoms with van der Waals surface area (Å²) in [7, 11) is 0. The van der Waals surface area contributed by atoms with E-state index in [9.17, 15) is 4.79 Å². The Kier molecular flexibility index (Phi) is 5.58. The second kappa shape index (κ2) is 7.43. The van der Waals surface area contributed by atoms with Crippen molar-refractivity contribution in [1.82, 2.24) is 0 Å². The first-order chi connectivity index (χ1) is 9.29. The van der Waals surface area contributed by atoms with Gasteiger partial charge >= 0.3 is 0 Å². The van der Waals surface area contributed by atoms with Crippen LogP contribution in [0.15, 0.2) is 23.1 Å². The molecule has 3 nitrogen and oxygen atoms in total. The smallest absolute Gasteiger partial charge is 0.234 e. The predicted molar refractivity (Wildman–Crippen MR) is 83.0 cm³/mol.